The molecule has 0 aliphatic heterocycles. The lowest BCUT2D eigenvalue weighted by Crippen LogP contribution is -2.22. The Hall–Kier alpha value is -3.59. The predicted molar refractivity (Wildman–Crippen MR) is 145 cm³/mol. The predicted octanol–water partition coefficient (Wildman–Crippen LogP) is 6.74. The number of hydrogen-bond donors (Lipinski definition) is 2. The summed E-state index contributed by atoms with van der Waals surface area (Å²) in [5, 5.41) is 14.0. The first kappa shape index (κ1) is 26.5. The van der Waals surface area contributed by atoms with Crippen LogP contribution in [0.25, 0.3) is 21.7 Å². The second kappa shape index (κ2) is 11.2. The minimum atomic E-state index is -1.08. The summed E-state index contributed by atoms with van der Waals surface area (Å²) in [7, 11) is 2.97. The SMILES string of the molecule is COc1ccc(-c2ccc(OC)c(C(=O)O)c2)cc1CNC(=O)c1sc(-c2ccc(Cl)cc2Cl)nc1C. The van der Waals surface area contributed by atoms with Gasteiger partial charge in [-0.15, -0.1) is 11.3 Å². The number of aryl methyl sites for hydroxylation is 1. The number of amides is 1. The van der Waals surface area contributed by atoms with Crippen LogP contribution in [0.15, 0.2) is 54.6 Å². The first-order valence-corrected chi connectivity index (χ1v) is 12.6. The van der Waals surface area contributed by atoms with Crippen LogP contribution >= 0.6 is 34.5 Å². The summed E-state index contributed by atoms with van der Waals surface area (Å²) in [5.74, 6) is -0.502. The number of carbonyl (C=O) groups is 2. The highest BCUT2D eigenvalue weighted by atomic mass is 35.5. The molecule has 0 saturated heterocycles. The third-order valence-electron chi connectivity index (χ3n) is 5.65. The van der Waals surface area contributed by atoms with Gasteiger partial charge in [0.25, 0.3) is 5.91 Å². The van der Waals surface area contributed by atoms with Gasteiger partial charge < -0.3 is 19.9 Å². The Balaban J connectivity index is 1.57. The van der Waals surface area contributed by atoms with Crippen molar-refractivity contribution in [3.63, 3.8) is 0 Å². The van der Waals surface area contributed by atoms with Gasteiger partial charge >= 0.3 is 5.97 Å². The van der Waals surface area contributed by atoms with Crippen molar-refractivity contribution in [3.8, 4) is 33.2 Å². The van der Waals surface area contributed by atoms with Gasteiger partial charge in [-0.05, 0) is 60.5 Å². The molecule has 7 nitrogen and oxygen atoms in total. The second-order valence-electron chi connectivity index (χ2n) is 7.99. The Morgan fingerprint density at radius 1 is 0.973 bits per heavy atom. The molecule has 0 fully saturated rings. The number of nitrogens with zero attached hydrogens (tertiary/aromatic N) is 1. The number of methoxy groups -OCH3 is 2. The van der Waals surface area contributed by atoms with Crippen LogP contribution in [0.4, 0.5) is 0 Å². The molecule has 10 heteroatoms. The third-order valence-corrected chi connectivity index (χ3v) is 7.38. The van der Waals surface area contributed by atoms with Gasteiger partial charge in [-0.1, -0.05) is 35.3 Å². The summed E-state index contributed by atoms with van der Waals surface area (Å²) >= 11 is 13.6. The number of rotatable bonds is 8. The fourth-order valence-corrected chi connectivity index (χ4v) is 5.37. The standard InChI is InChI=1S/C27H22Cl2N2O5S/c1-14-24(37-26(31-14)19-7-6-18(28)12-21(19)29)25(32)30-13-17-10-15(4-8-22(17)35-2)16-5-9-23(36-3)20(11-16)27(33)34/h4-12H,13H2,1-3H3,(H,30,32)(H,33,34). The highest BCUT2D eigenvalue weighted by Crippen LogP contribution is 2.35. The largest absolute Gasteiger partial charge is 0.496 e. The molecule has 1 heterocycles. The lowest BCUT2D eigenvalue weighted by Gasteiger charge is -2.13. The van der Waals surface area contributed by atoms with Crippen LogP contribution in [0.1, 0.15) is 31.3 Å². The molecule has 0 aliphatic carbocycles. The highest BCUT2D eigenvalue weighted by Gasteiger charge is 2.19. The van der Waals surface area contributed by atoms with Crippen LogP contribution in [0.5, 0.6) is 11.5 Å². The van der Waals surface area contributed by atoms with Crippen molar-refractivity contribution in [1.29, 1.82) is 0 Å². The number of carboxylic acid groups (broad SMARTS) is 1. The Morgan fingerprint density at radius 2 is 1.65 bits per heavy atom. The molecule has 0 radical (unpaired) electrons. The van der Waals surface area contributed by atoms with Crippen molar-refractivity contribution >= 4 is 46.4 Å². The third kappa shape index (κ3) is 5.72. The minimum absolute atomic E-state index is 0.0583. The summed E-state index contributed by atoms with van der Waals surface area (Å²) in [6.45, 7) is 1.95. The summed E-state index contributed by atoms with van der Waals surface area (Å²) in [5.41, 5.74) is 3.53. The smallest absolute Gasteiger partial charge is 0.339 e. The van der Waals surface area contributed by atoms with E-state index in [0.717, 1.165) is 11.1 Å². The monoisotopic (exact) mass is 556 g/mol. The summed E-state index contributed by atoms with van der Waals surface area (Å²) < 4.78 is 10.6. The van der Waals surface area contributed by atoms with E-state index in [2.05, 4.69) is 10.3 Å². The van der Waals surface area contributed by atoms with E-state index in [1.807, 2.05) is 12.1 Å². The average molecular weight is 557 g/mol. The molecule has 1 aromatic heterocycles. The topological polar surface area (TPSA) is 97.8 Å². The van der Waals surface area contributed by atoms with Crippen LogP contribution in [-0.2, 0) is 6.54 Å². The maximum atomic E-state index is 13.1. The van der Waals surface area contributed by atoms with Gasteiger partial charge in [0, 0.05) is 22.7 Å². The van der Waals surface area contributed by atoms with Gasteiger partial charge in [-0.25, -0.2) is 9.78 Å². The Morgan fingerprint density at radius 3 is 2.30 bits per heavy atom. The first-order chi connectivity index (χ1) is 17.7. The van der Waals surface area contributed by atoms with E-state index in [9.17, 15) is 14.7 Å². The fourth-order valence-electron chi connectivity index (χ4n) is 3.79. The molecule has 0 aliphatic rings. The number of hydrogen-bond acceptors (Lipinski definition) is 6. The molecule has 0 saturated carbocycles. The molecule has 0 unspecified atom stereocenters. The zero-order chi connectivity index (χ0) is 26.7. The van der Waals surface area contributed by atoms with Crippen LogP contribution in [0, 0.1) is 6.92 Å². The molecular formula is C27H22Cl2N2O5S. The average Bonchev–Trinajstić information content (AvgIpc) is 3.27. The number of aromatic nitrogens is 1. The van der Waals surface area contributed by atoms with Gasteiger partial charge in [-0.2, -0.15) is 0 Å². The number of carboxylic acids is 1. The maximum Gasteiger partial charge on any atom is 0.339 e. The number of benzene rings is 3. The van der Waals surface area contributed by atoms with E-state index in [1.54, 1.807) is 56.5 Å². The zero-order valence-corrected chi connectivity index (χ0v) is 22.4. The van der Waals surface area contributed by atoms with Gasteiger partial charge in [0.1, 0.15) is 26.9 Å². The van der Waals surface area contributed by atoms with Crippen LogP contribution in [-0.4, -0.2) is 36.2 Å². The molecule has 37 heavy (non-hydrogen) atoms. The Kier molecular flexibility index (Phi) is 8.02. The number of nitrogens with one attached hydrogen (secondary N) is 1. The summed E-state index contributed by atoms with van der Waals surface area (Å²) in [4.78, 5) is 29.7. The minimum Gasteiger partial charge on any atom is -0.496 e. The van der Waals surface area contributed by atoms with E-state index >= 15 is 0 Å². The normalized spacial score (nSPS) is 10.7. The summed E-state index contributed by atoms with van der Waals surface area (Å²) in [6, 6.07) is 15.5. The van der Waals surface area contributed by atoms with Crippen molar-refractivity contribution < 1.29 is 24.2 Å². The molecule has 0 spiro atoms. The number of halogens is 2. The molecule has 3 aromatic carbocycles. The van der Waals surface area contributed by atoms with Crippen molar-refractivity contribution in [3.05, 3.63) is 86.3 Å². The van der Waals surface area contributed by atoms with Crippen LogP contribution in [0.2, 0.25) is 10.0 Å². The van der Waals surface area contributed by atoms with E-state index in [0.29, 0.717) is 42.5 Å². The lowest BCUT2D eigenvalue weighted by molar-refractivity contribution is 0.0693. The van der Waals surface area contributed by atoms with Crippen LogP contribution < -0.4 is 14.8 Å². The Labute approximate surface area is 227 Å². The molecule has 0 bridgehead atoms. The molecule has 190 valence electrons. The molecule has 2 N–H and O–H groups in total. The number of ether oxygens (including phenoxy) is 2. The van der Waals surface area contributed by atoms with Crippen LogP contribution in [0.3, 0.4) is 0 Å². The number of thiazole rings is 1. The second-order valence-corrected chi connectivity index (χ2v) is 9.83. The first-order valence-electron chi connectivity index (χ1n) is 11.0. The fraction of sp³-hybridized carbons (Fsp3) is 0.148. The van der Waals surface area contributed by atoms with Gasteiger partial charge in [0.2, 0.25) is 0 Å². The molecule has 4 aromatic rings. The van der Waals surface area contributed by atoms with Gasteiger partial charge in [0.15, 0.2) is 0 Å². The summed E-state index contributed by atoms with van der Waals surface area (Å²) in [6.07, 6.45) is 0. The van der Waals surface area contributed by atoms with Crippen molar-refractivity contribution in [2.45, 2.75) is 13.5 Å². The molecule has 1 amide bonds. The van der Waals surface area contributed by atoms with Crippen molar-refractivity contribution in [2.24, 2.45) is 0 Å². The van der Waals surface area contributed by atoms with Gasteiger partial charge in [0.05, 0.1) is 24.9 Å². The molecule has 4 rings (SSSR count). The molecular weight excluding hydrogens is 535 g/mol. The van der Waals surface area contributed by atoms with Crippen molar-refractivity contribution in [2.75, 3.05) is 14.2 Å². The zero-order valence-electron chi connectivity index (χ0n) is 20.1. The quantitative estimate of drug-likeness (QED) is 0.249. The highest BCUT2D eigenvalue weighted by molar-refractivity contribution is 7.17. The van der Waals surface area contributed by atoms with E-state index < -0.39 is 5.97 Å². The van der Waals surface area contributed by atoms with Crippen molar-refractivity contribution in [1.82, 2.24) is 10.3 Å². The van der Waals surface area contributed by atoms with E-state index in [-0.39, 0.29) is 23.8 Å². The number of aromatic carboxylic acids is 1. The molecule has 0 atom stereocenters. The van der Waals surface area contributed by atoms with E-state index in [1.165, 1.54) is 18.4 Å². The maximum absolute atomic E-state index is 13.1. The Bertz CT molecular complexity index is 1500. The van der Waals surface area contributed by atoms with Gasteiger partial charge in [-0.3, -0.25) is 4.79 Å². The van der Waals surface area contributed by atoms with E-state index in [4.69, 9.17) is 32.7 Å². The lowest BCUT2D eigenvalue weighted by atomic mass is 10.00. The number of carbonyl (C=O) groups excluding carboxylic acids is 1.